The summed E-state index contributed by atoms with van der Waals surface area (Å²) >= 11 is 3.13. The number of carbonyl (C=O) groups excluding carboxylic acids is 1. The molecule has 0 saturated heterocycles. The summed E-state index contributed by atoms with van der Waals surface area (Å²) in [4.78, 5) is 21.7. The second-order valence-electron chi connectivity index (χ2n) is 2.90. The van der Waals surface area contributed by atoms with Crippen molar-refractivity contribution in [3.05, 3.63) is 34.4 Å². The maximum Gasteiger partial charge on any atom is 0.271 e. The van der Waals surface area contributed by atoms with E-state index < -0.39 is 9.87 Å². The van der Waals surface area contributed by atoms with E-state index in [4.69, 9.17) is 0 Å². The molecule has 1 aromatic carbocycles. The highest BCUT2D eigenvalue weighted by Gasteiger charge is 2.13. The lowest BCUT2D eigenvalue weighted by Crippen LogP contribution is -2.27. The minimum absolute atomic E-state index is 0.00458. The molecule has 0 amide bonds. The van der Waals surface area contributed by atoms with Gasteiger partial charge < -0.3 is 9.69 Å². The van der Waals surface area contributed by atoms with E-state index in [1.165, 1.54) is 12.1 Å². The maximum absolute atomic E-state index is 10.5. The average Bonchev–Trinajstić information content (AvgIpc) is 2.27. The monoisotopic (exact) mass is 272 g/mol. The van der Waals surface area contributed by atoms with E-state index in [2.05, 4.69) is 15.9 Å². The molecule has 1 atom stereocenters. The molecular formula is C9H9BrN2O3. The summed E-state index contributed by atoms with van der Waals surface area (Å²) in [5.74, 6) is 0. The molecule has 0 aromatic heterocycles. The van der Waals surface area contributed by atoms with Gasteiger partial charge in [-0.25, -0.2) is 0 Å². The third kappa shape index (κ3) is 2.76. The molecule has 0 radical (unpaired) electrons. The summed E-state index contributed by atoms with van der Waals surface area (Å²) in [6.07, 6.45) is 0.707. The molecule has 0 aliphatic heterocycles. The maximum atomic E-state index is 10.5. The van der Waals surface area contributed by atoms with Crippen molar-refractivity contribution in [1.29, 1.82) is 0 Å². The summed E-state index contributed by atoms with van der Waals surface area (Å²) < 4.78 is 0. The van der Waals surface area contributed by atoms with Crippen LogP contribution in [0.5, 0.6) is 0 Å². The highest BCUT2D eigenvalue weighted by molar-refractivity contribution is 9.10. The van der Waals surface area contributed by atoms with Crippen LogP contribution in [0.25, 0.3) is 0 Å². The average molecular weight is 273 g/mol. The molecule has 5 nitrogen and oxygen atoms in total. The SMILES string of the molecule is CN(c1cccc([N+](=O)[O-])c1)C(Br)C=O. The van der Waals surface area contributed by atoms with Crippen molar-refractivity contribution < 1.29 is 9.72 Å². The van der Waals surface area contributed by atoms with Gasteiger partial charge in [-0.15, -0.1) is 0 Å². The molecule has 6 heteroatoms. The Labute approximate surface area is 95.0 Å². The third-order valence-corrected chi connectivity index (χ3v) is 2.76. The predicted molar refractivity (Wildman–Crippen MR) is 60.3 cm³/mol. The van der Waals surface area contributed by atoms with Gasteiger partial charge in [-0.2, -0.15) is 0 Å². The zero-order valence-electron chi connectivity index (χ0n) is 7.96. The topological polar surface area (TPSA) is 63.4 Å². The van der Waals surface area contributed by atoms with Crippen molar-refractivity contribution in [2.45, 2.75) is 4.95 Å². The van der Waals surface area contributed by atoms with Gasteiger partial charge in [0.1, 0.15) is 4.95 Å². The van der Waals surface area contributed by atoms with E-state index in [1.54, 1.807) is 24.1 Å². The molecule has 0 N–H and O–H groups in total. The quantitative estimate of drug-likeness (QED) is 0.276. The van der Waals surface area contributed by atoms with Crippen LogP contribution in [0, 0.1) is 10.1 Å². The van der Waals surface area contributed by atoms with Crippen LogP contribution in [0.2, 0.25) is 0 Å². The number of benzene rings is 1. The molecule has 0 fully saturated rings. The van der Waals surface area contributed by atoms with Crippen molar-refractivity contribution in [3.8, 4) is 0 Å². The molecular weight excluding hydrogens is 264 g/mol. The summed E-state index contributed by atoms with van der Waals surface area (Å²) in [5, 5.41) is 10.5. The number of halogens is 1. The van der Waals surface area contributed by atoms with Gasteiger partial charge in [0.25, 0.3) is 5.69 Å². The van der Waals surface area contributed by atoms with Crippen LogP contribution in [0.4, 0.5) is 11.4 Å². The summed E-state index contributed by atoms with van der Waals surface area (Å²) in [7, 11) is 1.67. The highest BCUT2D eigenvalue weighted by atomic mass is 79.9. The second-order valence-corrected chi connectivity index (χ2v) is 3.83. The van der Waals surface area contributed by atoms with E-state index in [1.807, 2.05) is 0 Å². The number of nitro benzene ring substituents is 1. The molecule has 0 bridgehead atoms. The van der Waals surface area contributed by atoms with Gasteiger partial charge in [0.05, 0.1) is 4.92 Å². The smallest absolute Gasteiger partial charge is 0.271 e. The molecule has 1 aromatic rings. The number of likely N-dealkylation sites (N-methyl/N-ethyl adjacent to an activating group) is 1. The summed E-state index contributed by atoms with van der Waals surface area (Å²) in [5.41, 5.74) is 0.614. The van der Waals surface area contributed by atoms with Crippen LogP contribution in [-0.2, 0) is 4.79 Å². The summed E-state index contributed by atoms with van der Waals surface area (Å²) in [6, 6.07) is 6.10. The number of alkyl halides is 1. The molecule has 0 heterocycles. The number of hydrogen-bond acceptors (Lipinski definition) is 4. The van der Waals surface area contributed by atoms with E-state index in [9.17, 15) is 14.9 Å². The minimum atomic E-state index is -0.487. The Morgan fingerprint density at radius 3 is 2.80 bits per heavy atom. The first-order valence-electron chi connectivity index (χ1n) is 4.13. The molecule has 0 saturated carbocycles. The lowest BCUT2D eigenvalue weighted by Gasteiger charge is -2.20. The highest BCUT2D eigenvalue weighted by Crippen LogP contribution is 2.22. The number of carbonyl (C=O) groups is 1. The van der Waals surface area contributed by atoms with Gasteiger partial charge in [0, 0.05) is 24.9 Å². The van der Waals surface area contributed by atoms with Crippen molar-refractivity contribution in [2.24, 2.45) is 0 Å². The lowest BCUT2D eigenvalue weighted by atomic mass is 10.2. The zero-order chi connectivity index (χ0) is 11.4. The number of anilines is 1. The van der Waals surface area contributed by atoms with Crippen LogP contribution in [0.3, 0.4) is 0 Å². The van der Waals surface area contributed by atoms with Gasteiger partial charge in [-0.1, -0.05) is 22.0 Å². The fourth-order valence-corrected chi connectivity index (χ4v) is 1.30. The molecule has 0 spiro atoms. The Morgan fingerprint density at radius 2 is 2.27 bits per heavy atom. The van der Waals surface area contributed by atoms with Crippen LogP contribution in [-0.4, -0.2) is 23.2 Å². The van der Waals surface area contributed by atoms with Crippen molar-refractivity contribution in [3.63, 3.8) is 0 Å². The minimum Gasteiger partial charge on any atom is -0.356 e. The Morgan fingerprint density at radius 1 is 1.60 bits per heavy atom. The van der Waals surface area contributed by atoms with Crippen LogP contribution >= 0.6 is 15.9 Å². The summed E-state index contributed by atoms with van der Waals surface area (Å²) in [6.45, 7) is 0. The lowest BCUT2D eigenvalue weighted by molar-refractivity contribution is -0.384. The first-order chi connectivity index (χ1) is 7.06. The predicted octanol–water partition coefficient (Wildman–Crippen LogP) is 1.95. The standard InChI is InChI=1S/C9H9BrN2O3/c1-11(9(10)6-13)7-3-2-4-8(5-7)12(14)15/h2-6,9H,1H3. The second kappa shape index (κ2) is 4.88. The van der Waals surface area contributed by atoms with Gasteiger partial charge >= 0.3 is 0 Å². The van der Waals surface area contributed by atoms with Crippen LogP contribution < -0.4 is 4.90 Å². The number of nitrogens with zero attached hydrogens (tertiary/aromatic N) is 2. The normalized spacial score (nSPS) is 11.9. The van der Waals surface area contributed by atoms with Crippen molar-refractivity contribution in [1.82, 2.24) is 0 Å². The molecule has 15 heavy (non-hydrogen) atoms. The van der Waals surface area contributed by atoms with Gasteiger partial charge in [-0.05, 0) is 6.07 Å². The fourth-order valence-electron chi connectivity index (χ4n) is 1.06. The molecule has 0 aliphatic carbocycles. The molecule has 0 aliphatic rings. The Bertz CT molecular complexity index is 383. The van der Waals surface area contributed by atoms with Crippen LogP contribution in [0.1, 0.15) is 0 Å². The van der Waals surface area contributed by atoms with E-state index >= 15 is 0 Å². The first kappa shape index (κ1) is 11.6. The van der Waals surface area contributed by atoms with Gasteiger partial charge in [0.15, 0.2) is 6.29 Å². The van der Waals surface area contributed by atoms with E-state index in [0.29, 0.717) is 12.0 Å². The third-order valence-electron chi connectivity index (χ3n) is 1.93. The van der Waals surface area contributed by atoms with Crippen molar-refractivity contribution >= 4 is 33.6 Å². The van der Waals surface area contributed by atoms with Gasteiger partial charge in [-0.3, -0.25) is 10.1 Å². The Balaban J connectivity index is 2.99. The van der Waals surface area contributed by atoms with E-state index in [-0.39, 0.29) is 5.69 Å². The molecule has 1 unspecified atom stereocenters. The zero-order valence-corrected chi connectivity index (χ0v) is 9.55. The number of aldehydes is 1. The van der Waals surface area contributed by atoms with Gasteiger partial charge in [0.2, 0.25) is 0 Å². The fraction of sp³-hybridized carbons (Fsp3) is 0.222. The number of non-ortho nitro benzene ring substituents is 1. The van der Waals surface area contributed by atoms with Crippen LogP contribution in [0.15, 0.2) is 24.3 Å². The number of nitro groups is 1. The molecule has 1 rings (SSSR count). The first-order valence-corrected chi connectivity index (χ1v) is 5.04. The number of rotatable bonds is 4. The molecule has 80 valence electrons. The Hall–Kier alpha value is -1.43. The van der Waals surface area contributed by atoms with E-state index in [0.717, 1.165) is 0 Å². The van der Waals surface area contributed by atoms with Crippen molar-refractivity contribution in [2.75, 3.05) is 11.9 Å². The Kier molecular flexibility index (Phi) is 3.79. The number of hydrogen-bond donors (Lipinski definition) is 0. The largest absolute Gasteiger partial charge is 0.356 e.